The highest BCUT2D eigenvalue weighted by Crippen LogP contribution is 2.09. The SMILES string of the molecule is N#Cc1cc(F)cc(Cn2cnc(CN)n2)c1. The van der Waals surface area contributed by atoms with Gasteiger partial charge in [-0.2, -0.15) is 10.4 Å². The third-order valence-corrected chi connectivity index (χ3v) is 2.20. The molecule has 0 saturated carbocycles. The molecule has 0 radical (unpaired) electrons. The number of benzene rings is 1. The molecule has 0 fully saturated rings. The number of rotatable bonds is 3. The summed E-state index contributed by atoms with van der Waals surface area (Å²) in [5.74, 6) is 0.0973. The molecule has 1 aromatic carbocycles. The van der Waals surface area contributed by atoms with Crippen LogP contribution < -0.4 is 5.73 Å². The summed E-state index contributed by atoms with van der Waals surface area (Å²) < 4.78 is 14.7. The molecule has 5 nitrogen and oxygen atoms in total. The highest BCUT2D eigenvalue weighted by atomic mass is 19.1. The van der Waals surface area contributed by atoms with Crippen molar-refractivity contribution < 1.29 is 4.39 Å². The molecule has 0 unspecified atom stereocenters. The largest absolute Gasteiger partial charge is 0.324 e. The zero-order valence-corrected chi connectivity index (χ0v) is 8.97. The van der Waals surface area contributed by atoms with Crippen molar-refractivity contribution in [3.05, 3.63) is 47.3 Å². The van der Waals surface area contributed by atoms with E-state index in [1.807, 2.05) is 6.07 Å². The third-order valence-electron chi connectivity index (χ3n) is 2.20. The van der Waals surface area contributed by atoms with E-state index in [1.165, 1.54) is 18.5 Å². The molecule has 0 aliphatic rings. The van der Waals surface area contributed by atoms with E-state index < -0.39 is 5.82 Å². The highest BCUT2D eigenvalue weighted by molar-refractivity contribution is 5.33. The van der Waals surface area contributed by atoms with Crippen molar-refractivity contribution >= 4 is 0 Å². The van der Waals surface area contributed by atoms with Crippen LogP contribution in [0.3, 0.4) is 0 Å². The first-order valence-corrected chi connectivity index (χ1v) is 4.99. The van der Waals surface area contributed by atoms with E-state index in [0.29, 0.717) is 23.5 Å². The topological polar surface area (TPSA) is 80.5 Å². The molecule has 0 spiro atoms. The summed E-state index contributed by atoms with van der Waals surface area (Å²) in [4.78, 5) is 3.96. The molecular weight excluding hydrogens is 221 g/mol. The quantitative estimate of drug-likeness (QED) is 0.847. The third kappa shape index (κ3) is 2.65. The van der Waals surface area contributed by atoms with Gasteiger partial charge in [-0.05, 0) is 23.8 Å². The molecule has 0 amide bonds. The van der Waals surface area contributed by atoms with Gasteiger partial charge in [0.25, 0.3) is 0 Å². The Kier molecular flexibility index (Phi) is 3.12. The number of hydrogen-bond acceptors (Lipinski definition) is 4. The monoisotopic (exact) mass is 231 g/mol. The zero-order valence-electron chi connectivity index (χ0n) is 8.97. The predicted molar refractivity (Wildman–Crippen MR) is 58.1 cm³/mol. The molecule has 0 atom stereocenters. The Labute approximate surface area is 97.3 Å². The van der Waals surface area contributed by atoms with E-state index >= 15 is 0 Å². The normalized spacial score (nSPS) is 10.2. The molecule has 17 heavy (non-hydrogen) atoms. The smallest absolute Gasteiger partial charge is 0.164 e. The Morgan fingerprint density at radius 3 is 2.88 bits per heavy atom. The Bertz CT molecular complexity index is 569. The van der Waals surface area contributed by atoms with E-state index in [-0.39, 0.29) is 6.54 Å². The van der Waals surface area contributed by atoms with Crippen LogP contribution in [0.2, 0.25) is 0 Å². The summed E-state index contributed by atoms with van der Waals surface area (Å²) in [6.07, 6.45) is 1.53. The first-order chi connectivity index (χ1) is 8.21. The van der Waals surface area contributed by atoms with Crippen molar-refractivity contribution in [2.24, 2.45) is 5.73 Å². The molecule has 0 bridgehead atoms. The second-order valence-electron chi connectivity index (χ2n) is 3.52. The molecule has 0 saturated heterocycles. The van der Waals surface area contributed by atoms with Crippen molar-refractivity contribution in [2.75, 3.05) is 0 Å². The Hall–Kier alpha value is -2.26. The Balaban J connectivity index is 2.24. The molecule has 1 aromatic heterocycles. The second-order valence-corrected chi connectivity index (χ2v) is 3.52. The van der Waals surface area contributed by atoms with Gasteiger partial charge >= 0.3 is 0 Å². The van der Waals surface area contributed by atoms with Gasteiger partial charge in [-0.3, -0.25) is 0 Å². The molecule has 0 aliphatic heterocycles. The van der Waals surface area contributed by atoms with Gasteiger partial charge in [-0.1, -0.05) is 0 Å². The van der Waals surface area contributed by atoms with Gasteiger partial charge in [0, 0.05) is 0 Å². The van der Waals surface area contributed by atoms with Crippen LogP contribution in [0.1, 0.15) is 17.0 Å². The van der Waals surface area contributed by atoms with Gasteiger partial charge in [0.2, 0.25) is 0 Å². The summed E-state index contributed by atoms with van der Waals surface area (Å²) in [7, 11) is 0. The van der Waals surface area contributed by atoms with Crippen LogP contribution >= 0.6 is 0 Å². The lowest BCUT2D eigenvalue weighted by Gasteiger charge is -2.02. The van der Waals surface area contributed by atoms with Crippen LogP contribution in [0, 0.1) is 17.1 Å². The van der Waals surface area contributed by atoms with E-state index in [1.54, 1.807) is 10.7 Å². The fraction of sp³-hybridized carbons (Fsp3) is 0.182. The van der Waals surface area contributed by atoms with Crippen LogP contribution in [0.15, 0.2) is 24.5 Å². The molecule has 2 rings (SSSR count). The van der Waals surface area contributed by atoms with Gasteiger partial charge in [0.05, 0.1) is 24.7 Å². The maximum absolute atomic E-state index is 13.2. The van der Waals surface area contributed by atoms with E-state index in [0.717, 1.165) is 0 Å². The maximum atomic E-state index is 13.2. The Morgan fingerprint density at radius 1 is 1.41 bits per heavy atom. The zero-order chi connectivity index (χ0) is 12.3. The highest BCUT2D eigenvalue weighted by Gasteiger charge is 2.03. The van der Waals surface area contributed by atoms with Crippen LogP contribution in [-0.2, 0) is 13.1 Å². The molecule has 2 N–H and O–H groups in total. The van der Waals surface area contributed by atoms with Crippen molar-refractivity contribution in [2.45, 2.75) is 13.1 Å². The molecule has 86 valence electrons. The fourth-order valence-electron chi connectivity index (χ4n) is 1.50. The van der Waals surface area contributed by atoms with Crippen LogP contribution in [-0.4, -0.2) is 14.8 Å². The first kappa shape index (κ1) is 11.2. The minimum absolute atomic E-state index is 0.263. The van der Waals surface area contributed by atoms with Crippen molar-refractivity contribution in [3.63, 3.8) is 0 Å². The van der Waals surface area contributed by atoms with Gasteiger partial charge in [0.1, 0.15) is 12.1 Å². The lowest BCUT2D eigenvalue weighted by Crippen LogP contribution is -2.04. The average Bonchev–Trinajstić information content (AvgIpc) is 2.76. The maximum Gasteiger partial charge on any atom is 0.164 e. The van der Waals surface area contributed by atoms with Crippen molar-refractivity contribution in [3.8, 4) is 6.07 Å². The second kappa shape index (κ2) is 4.72. The van der Waals surface area contributed by atoms with Gasteiger partial charge in [-0.15, -0.1) is 0 Å². The molecular formula is C11H10FN5. The van der Waals surface area contributed by atoms with Gasteiger partial charge in [-0.25, -0.2) is 14.1 Å². The summed E-state index contributed by atoms with van der Waals surface area (Å²) in [5, 5.41) is 12.8. The fourth-order valence-corrected chi connectivity index (χ4v) is 1.50. The minimum Gasteiger partial charge on any atom is -0.324 e. The van der Waals surface area contributed by atoms with E-state index in [9.17, 15) is 4.39 Å². The summed E-state index contributed by atoms with van der Waals surface area (Å²) >= 11 is 0. The van der Waals surface area contributed by atoms with Crippen LogP contribution in [0.5, 0.6) is 0 Å². The van der Waals surface area contributed by atoms with Crippen molar-refractivity contribution in [1.82, 2.24) is 14.8 Å². The van der Waals surface area contributed by atoms with Gasteiger partial charge < -0.3 is 5.73 Å². The standard InChI is InChI=1S/C11H10FN5/c12-10-2-8(4-13)1-9(3-10)6-17-7-15-11(5-14)16-17/h1-3,7H,5-6,14H2. The number of aromatic nitrogens is 3. The number of halogens is 1. The van der Waals surface area contributed by atoms with Crippen LogP contribution in [0.4, 0.5) is 4.39 Å². The van der Waals surface area contributed by atoms with E-state index in [4.69, 9.17) is 11.0 Å². The van der Waals surface area contributed by atoms with E-state index in [2.05, 4.69) is 10.1 Å². The Morgan fingerprint density at radius 2 is 2.24 bits per heavy atom. The average molecular weight is 231 g/mol. The number of nitrogens with two attached hydrogens (primary N) is 1. The summed E-state index contributed by atoms with van der Waals surface area (Å²) in [6.45, 7) is 0.624. The van der Waals surface area contributed by atoms with Crippen molar-refractivity contribution in [1.29, 1.82) is 5.26 Å². The number of nitrogens with zero attached hydrogens (tertiary/aromatic N) is 4. The minimum atomic E-state index is -0.432. The summed E-state index contributed by atoms with van der Waals surface area (Å²) in [5.41, 5.74) is 6.34. The summed E-state index contributed by atoms with van der Waals surface area (Å²) in [6, 6.07) is 6.08. The van der Waals surface area contributed by atoms with Gasteiger partial charge in [0.15, 0.2) is 5.82 Å². The predicted octanol–water partition coefficient (Wildman–Crippen LogP) is 0.796. The number of nitriles is 1. The first-order valence-electron chi connectivity index (χ1n) is 4.99. The molecule has 1 heterocycles. The molecule has 0 aliphatic carbocycles. The molecule has 6 heteroatoms. The molecule has 2 aromatic rings. The lowest BCUT2D eigenvalue weighted by molar-refractivity contribution is 0.617. The van der Waals surface area contributed by atoms with Crippen LogP contribution in [0.25, 0.3) is 0 Å². The number of hydrogen-bond donors (Lipinski definition) is 1. The lowest BCUT2D eigenvalue weighted by atomic mass is 10.1.